The number of nitrogens with one attached hydrogen (secondary N) is 1. The Balaban J connectivity index is 2.23. The van der Waals surface area contributed by atoms with Gasteiger partial charge in [0.25, 0.3) is 0 Å². The molecule has 1 N–H and O–H groups in total. The molecule has 0 aliphatic carbocycles. The molecule has 0 bridgehead atoms. The van der Waals surface area contributed by atoms with Gasteiger partial charge in [0.2, 0.25) is 11.8 Å². The fourth-order valence-corrected chi connectivity index (χ4v) is 1.45. The first kappa shape index (κ1) is 11.7. The van der Waals surface area contributed by atoms with Crippen LogP contribution in [-0.4, -0.2) is 21.7 Å². The van der Waals surface area contributed by atoms with Crippen LogP contribution in [0.5, 0.6) is 0 Å². The lowest BCUT2D eigenvalue weighted by atomic mass is 10.3. The summed E-state index contributed by atoms with van der Waals surface area (Å²) in [5.74, 6) is 0.324. The fourth-order valence-electron chi connectivity index (χ4n) is 1.45. The zero-order chi connectivity index (χ0) is 12.3. The zero-order valence-corrected chi connectivity index (χ0v) is 9.64. The number of aromatic nitrogens is 3. The van der Waals surface area contributed by atoms with Crippen LogP contribution in [0.15, 0.2) is 22.9 Å². The molecule has 5 nitrogen and oxygen atoms in total. The molecule has 0 aliphatic rings. The molecule has 0 aromatic carbocycles. The second kappa shape index (κ2) is 5.01. The third kappa shape index (κ3) is 2.65. The molecular formula is C11H13FN4O. The highest BCUT2D eigenvalue weighted by atomic mass is 19.1. The summed E-state index contributed by atoms with van der Waals surface area (Å²) in [6.45, 7) is 4.72. The van der Waals surface area contributed by atoms with Gasteiger partial charge in [0, 0.05) is 6.20 Å². The molecule has 0 radical (unpaired) electrons. The third-order valence-corrected chi connectivity index (χ3v) is 2.27. The van der Waals surface area contributed by atoms with Crippen molar-refractivity contribution in [1.82, 2.24) is 20.5 Å². The maximum atomic E-state index is 13.0. The van der Waals surface area contributed by atoms with Gasteiger partial charge < -0.3 is 9.73 Å². The molecule has 17 heavy (non-hydrogen) atoms. The molecule has 2 aromatic heterocycles. The molecule has 0 amide bonds. The average Bonchev–Trinajstić information content (AvgIpc) is 2.78. The summed E-state index contributed by atoms with van der Waals surface area (Å²) < 4.78 is 18.4. The van der Waals surface area contributed by atoms with Crippen molar-refractivity contribution in [3.63, 3.8) is 0 Å². The third-order valence-electron chi connectivity index (χ3n) is 2.27. The first-order chi connectivity index (χ1) is 8.20. The summed E-state index contributed by atoms with van der Waals surface area (Å²) in [5, 5.41) is 10.9. The van der Waals surface area contributed by atoms with E-state index in [4.69, 9.17) is 4.42 Å². The minimum Gasteiger partial charge on any atom is -0.419 e. The lowest BCUT2D eigenvalue weighted by Crippen LogP contribution is -2.17. The Hall–Kier alpha value is -1.82. The maximum Gasteiger partial charge on any atom is 0.249 e. The monoisotopic (exact) mass is 236 g/mol. The minimum absolute atomic E-state index is 0.0252. The van der Waals surface area contributed by atoms with Gasteiger partial charge in [-0.1, -0.05) is 6.92 Å². The van der Waals surface area contributed by atoms with E-state index in [0.29, 0.717) is 11.5 Å². The Morgan fingerprint density at radius 1 is 1.41 bits per heavy atom. The highest BCUT2D eigenvalue weighted by molar-refractivity contribution is 5.50. The van der Waals surface area contributed by atoms with Crippen molar-refractivity contribution in [3.05, 3.63) is 30.2 Å². The standard InChI is InChI=1S/C11H13FN4O/c1-3-14-7(2)10-15-16-11(17-10)8-4-9(12)6-13-5-8/h4-7,14H,3H2,1-2H3. The molecular weight excluding hydrogens is 223 g/mol. The highest BCUT2D eigenvalue weighted by Crippen LogP contribution is 2.20. The van der Waals surface area contributed by atoms with Crippen molar-refractivity contribution >= 4 is 0 Å². The zero-order valence-electron chi connectivity index (χ0n) is 9.64. The maximum absolute atomic E-state index is 13.0. The molecule has 0 fully saturated rings. The van der Waals surface area contributed by atoms with Crippen LogP contribution in [-0.2, 0) is 0 Å². The van der Waals surface area contributed by atoms with Gasteiger partial charge in [0.1, 0.15) is 5.82 Å². The quantitative estimate of drug-likeness (QED) is 0.878. The molecule has 1 atom stereocenters. The van der Waals surface area contributed by atoms with E-state index >= 15 is 0 Å². The van der Waals surface area contributed by atoms with Crippen LogP contribution >= 0.6 is 0 Å². The van der Waals surface area contributed by atoms with E-state index in [1.807, 2.05) is 13.8 Å². The van der Waals surface area contributed by atoms with Gasteiger partial charge in [0.05, 0.1) is 17.8 Å². The number of rotatable bonds is 4. The van der Waals surface area contributed by atoms with Crippen molar-refractivity contribution in [2.24, 2.45) is 0 Å². The largest absolute Gasteiger partial charge is 0.419 e. The highest BCUT2D eigenvalue weighted by Gasteiger charge is 2.14. The van der Waals surface area contributed by atoms with Gasteiger partial charge in [-0.2, -0.15) is 0 Å². The Labute approximate surface area is 98.1 Å². The second-order valence-electron chi connectivity index (χ2n) is 3.62. The SMILES string of the molecule is CCNC(C)c1nnc(-c2cncc(F)c2)o1. The molecule has 2 heterocycles. The van der Waals surface area contributed by atoms with Crippen LogP contribution < -0.4 is 5.32 Å². The lowest BCUT2D eigenvalue weighted by molar-refractivity contribution is 0.428. The molecule has 0 saturated carbocycles. The first-order valence-corrected chi connectivity index (χ1v) is 5.38. The van der Waals surface area contributed by atoms with Crippen LogP contribution in [0, 0.1) is 5.82 Å². The molecule has 0 spiro atoms. The summed E-state index contributed by atoms with van der Waals surface area (Å²) >= 11 is 0. The first-order valence-electron chi connectivity index (χ1n) is 5.38. The van der Waals surface area contributed by atoms with E-state index in [-0.39, 0.29) is 11.9 Å². The van der Waals surface area contributed by atoms with E-state index in [0.717, 1.165) is 12.7 Å². The topological polar surface area (TPSA) is 63.8 Å². The predicted octanol–water partition coefficient (Wildman–Crippen LogP) is 1.94. The molecule has 1 unspecified atom stereocenters. The van der Waals surface area contributed by atoms with Gasteiger partial charge in [0.15, 0.2) is 0 Å². The number of nitrogens with zero attached hydrogens (tertiary/aromatic N) is 3. The molecule has 0 aliphatic heterocycles. The van der Waals surface area contributed by atoms with Gasteiger partial charge in [-0.05, 0) is 19.5 Å². The van der Waals surface area contributed by atoms with E-state index in [9.17, 15) is 4.39 Å². The summed E-state index contributed by atoms with van der Waals surface area (Å²) in [5.41, 5.74) is 0.479. The lowest BCUT2D eigenvalue weighted by Gasteiger charge is -2.05. The van der Waals surface area contributed by atoms with Gasteiger partial charge in [-0.25, -0.2) is 4.39 Å². The van der Waals surface area contributed by atoms with Crippen molar-refractivity contribution in [2.45, 2.75) is 19.9 Å². The molecule has 0 saturated heterocycles. The smallest absolute Gasteiger partial charge is 0.249 e. The Bertz CT molecular complexity index is 500. The van der Waals surface area contributed by atoms with E-state index < -0.39 is 5.82 Å². The Kier molecular flexibility index (Phi) is 3.43. The minimum atomic E-state index is -0.429. The predicted molar refractivity (Wildman–Crippen MR) is 59.6 cm³/mol. The number of halogens is 1. The summed E-state index contributed by atoms with van der Waals surface area (Å²) in [6, 6.07) is 1.28. The summed E-state index contributed by atoms with van der Waals surface area (Å²) in [6.07, 6.45) is 2.61. The second-order valence-corrected chi connectivity index (χ2v) is 3.62. The Morgan fingerprint density at radius 2 is 2.24 bits per heavy atom. The fraction of sp³-hybridized carbons (Fsp3) is 0.364. The number of hydrogen-bond donors (Lipinski definition) is 1. The van der Waals surface area contributed by atoms with Crippen molar-refractivity contribution in [2.75, 3.05) is 6.54 Å². The summed E-state index contributed by atoms with van der Waals surface area (Å²) in [4.78, 5) is 3.73. The van der Waals surface area contributed by atoms with Crippen LogP contribution in [0.4, 0.5) is 4.39 Å². The molecule has 2 aromatic rings. The van der Waals surface area contributed by atoms with E-state index in [1.54, 1.807) is 0 Å². The van der Waals surface area contributed by atoms with E-state index in [2.05, 4.69) is 20.5 Å². The normalized spacial score (nSPS) is 12.6. The molecule has 90 valence electrons. The average molecular weight is 236 g/mol. The van der Waals surface area contributed by atoms with Crippen molar-refractivity contribution < 1.29 is 8.81 Å². The van der Waals surface area contributed by atoms with E-state index in [1.165, 1.54) is 12.3 Å². The molecule has 6 heteroatoms. The van der Waals surface area contributed by atoms with Crippen molar-refractivity contribution in [3.8, 4) is 11.5 Å². The van der Waals surface area contributed by atoms with Gasteiger partial charge in [-0.3, -0.25) is 4.98 Å². The van der Waals surface area contributed by atoms with Crippen molar-refractivity contribution in [1.29, 1.82) is 0 Å². The van der Waals surface area contributed by atoms with Gasteiger partial charge >= 0.3 is 0 Å². The van der Waals surface area contributed by atoms with Crippen LogP contribution in [0.2, 0.25) is 0 Å². The van der Waals surface area contributed by atoms with Gasteiger partial charge in [-0.15, -0.1) is 10.2 Å². The Morgan fingerprint density at radius 3 is 2.94 bits per heavy atom. The number of pyridine rings is 1. The van der Waals surface area contributed by atoms with Crippen LogP contribution in [0.1, 0.15) is 25.8 Å². The summed E-state index contributed by atoms with van der Waals surface area (Å²) in [7, 11) is 0. The number of hydrogen-bond acceptors (Lipinski definition) is 5. The van der Waals surface area contributed by atoms with Crippen LogP contribution in [0.25, 0.3) is 11.5 Å². The molecule has 2 rings (SSSR count). The van der Waals surface area contributed by atoms with Crippen LogP contribution in [0.3, 0.4) is 0 Å².